The maximum Gasteiger partial charge on any atom is 0.330 e. The average Bonchev–Trinajstić information content (AvgIpc) is 3.23. The van der Waals surface area contributed by atoms with Gasteiger partial charge in [-0.25, -0.2) is 19.2 Å². The summed E-state index contributed by atoms with van der Waals surface area (Å²) in [6.07, 6.45) is 7.83. The molecule has 0 spiro atoms. The molecule has 0 bridgehead atoms. The molecule has 5 rings (SSSR count). The van der Waals surface area contributed by atoms with Crippen LogP contribution in [0.2, 0.25) is 0 Å². The highest BCUT2D eigenvalue weighted by Gasteiger charge is 2.16. The van der Waals surface area contributed by atoms with Crippen LogP contribution in [-0.2, 0) is 13.6 Å². The molecule has 0 saturated carbocycles. The minimum Gasteiger partial charge on any atom is -0.292 e. The summed E-state index contributed by atoms with van der Waals surface area (Å²) in [4.78, 5) is 34.1. The fourth-order valence-corrected chi connectivity index (χ4v) is 3.14. The molecule has 9 nitrogen and oxygen atoms in total. The van der Waals surface area contributed by atoms with Crippen molar-refractivity contribution in [2.75, 3.05) is 0 Å². The van der Waals surface area contributed by atoms with E-state index in [1.165, 1.54) is 27.6 Å². The Morgan fingerprint density at radius 2 is 1.96 bits per heavy atom. The van der Waals surface area contributed by atoms with Crippen molar-refractivity contribution in [2.45, 2.75) is 6.54 Å². The van der Waals surface area contributed by atoms with Gasteiger partial charge in [0.1, 0.15) is 17.7 Å². The van der Waals surface area contributed by atoms with Gasteiger partial charge in [-0.3, -0.25) is 23.7 Å². The van der Waals surface area contributed by atoms with Gasteiger partial charge in [0.05, 0.1) is 35.7 Å². The Labute approximate surface area is 156 Å². The minimum absolute atomic E-state index is 0.222. The summed E-state index contributed by atoms with van der Waals surface area (Å²) in [7, 11) is 1.66. The van der Waals surface area contributed by atoms with E-state index in [2.05, 4.69) is 24.9 Å². The number of benzene rings is 1. The van der Waals surface area contributed by atoms with Crippen molar-refractivity contribution in [1.29, 1.82) is 0 Å². The number of rotatable bonds is 3. The highest BCUT2D eigenvalue weighted by atomic mass is 19.1. The third kappa shape index (κ3) is 2.46. The van der Waals surface area contributed by atoms with Gasteiger partial charge in [0.2, 0.25) is 5.95 Å². The molecule has 0 N–H and O–H groups in total. The lowest BCUT2D eigenvalue weighted by molar-refractivity contribution is 0.629. The van der Waals surface area contributed by atoms with E-state index in [4.69, 9.17) is 0 Å². The first-order chi connectivity index (χ1) is 13.6. The van der Waals surface area contributed by atoms with E-state index in [0.717, 1.165) is 0 Å². The first kappa shape index (κ1) is 16.2. The molecule has 0 saturated heterocycles. The topological polar surface area (TPSA) is 96.3 Å². The second kappa shape index (κ2) is 6.05. The molecule has 0 fully saturated rings. The van der Waals surface area contributed by atoms with Gasteiger partial charge in [0.25, 0.3) is 0 Å². The molecule has 0 unspecified atom stereocenters. The Morgan fingerprint density at radius 3 is 2.79 bits per heavy atom. The van der Waals surface area contributed by atoms with Gasteiger partial charge < -0.3 is 0 Å². The summed E-state index contributed by atoms with van der Waals surface area (Å²) in [5.41, 5.74) is 2.57. The number of hydrogen-bond acceptors (Lipinski definition) is 6. The number of fused-ring (bicyclic) bond motifs is 2. The van der Waals surface area contributed by atoms with Crippen LogP contribution in [0.25, 0.3) is 28.1 Å². The SMILES string of the molecule is Cn1c(=O)n(Cc2cnccn2)c2nc(-n3cnc4ccc(F)cc43)ncc21. The molecular formula is C18H13FN8O. The molecule has 1 aromatic carbocycles. The minimum atomic E-state index is -0.380. The van der Waals surface area contributed by atoms with Gasteiger partial charge >= 0.3 is 5.69 Å². The van der Waals surface area contributed by atoms with Gasteiger partial charge in [-0.05, 0) is 12.1 Å². The van der Waals surface area contributed by atoms with Gasteiger partial charge in [-0.15, -0.1) is 0 Å². The van der Waals surface area contributed by atoms with Crippen LogP contribution >= 0.6 is 0 Å². The largest absolute Gasteiger partial charge is 0.330 e. The van der Waals surface area contributed by atoms with E-state index in [1.54, 1.807) is 42.5 Å². The summed E-state index contributed by atoms with van der Waals surface area (Å²) < 4.78 is 18.2. The number of nitrogens with zero attached hydrogens (tertiary/aromatic N) is 8. The average molecular weight is 376 g/mol. The van der Waals surface area contributed by atoms with Gasteiger partial charge in [0.15, 0.2) is 5.65 Å². The second-order valence-corrected chi connectivity index (χ2v) is 6.25. The highest BCUT2D eigenvalue weighted by Crippen LogP contribution is 2.19. The lowest BCUT2D eigenvalue weighted by Gasteiger charge is -2.05. The third-order valence-electron chi connectivity index (χ3n) is 4.53. The van der Waals surface area contributed by atoms with Crippen molar-refractivity contribution in [2.24, 2.45) is 7.05 Å². The molecular weight excluding hydrogens is 363 g/mol. The van der Waals surface area contributed by atoms with Crippen LogP contribution in [0.5, 0.6) is 0 Å². The maximum absolute atomic E-state index is 13.7. The van der Waals surface area contributed by atoms with Crippen molar-refractivity contribution in [3.8, 4) is 5.95 Å². The summed E-state index contributed by atoms with van der Waals surface area (Å²) in [5.74, 6) is -0.0892. The van der Waals surface area contributed by atoms with E-state index in [9.17, 15) is 9.18 Å². The molecule has 0 amide bonds. The van der Waals surface area contributed by atoms with Crippen LogP contribution in [0.15, 0.2) is 54.1 Å². The Bertz CT molecular complexity index is 1390. The lowest BCUT2D eigenvalue weighted by Crippen LogP contribution is -2.23. The predicted molar refractivity (Wildman–Crippen MR) is 98.5 cm³/mol. The number of aromatic nitrogens is 8. The quantitative estimate of drug-likeness (QED) is 0.473. The summed E-state index contributed by atoms with van der Waals surface area (Å²) in [5, 5.41) is 0. The van der Waals surface area contributed by atoms with Crippen LogP contribution in [0.3, 0.4) is 0 Å². The Kier molecular flexibility index (Phi) is 3.51. The van der Waals surface area contributed by atoms with E-state index in [0.29, 0.717) is 33.8 Å². The monoisotopic (exact) mass is 376 g/mol. The van der Waals surface area contributed by atoms with Crippen LogP contribution in [-0.4, -0.2) is 38.6 Å². The molecule has 0 aliphatic carbocycles. The zero-order chi connectivity index (χ0) is 19.3. The lowest BCUT2D eigenvalue weighted by atomic mass is 10.3. The number of hydrogen-bond donors (Lipinski definition) is 0. The van der Waals surface area contributed by atoms with Gasteiger partial charge in [-0.1, -0.05) is 0 Å². The molecule has 0 aliphatic heterocycles. The molecule has 28 heavy (non-hydrogen) atoms. The molecule has 0 atom stereocenters. The van der Waals surface area contributed by atoms with Crippen molar-refractivity contribution < 1.29 is 4.39 Å². The van der Waals surface area contributed by atoms with Crippen LogP contribution in [0.4, 0.5) is 4.39 Å². The number of aryl methyl sites for hydroxylation is 1. The first-order valence-electron chi connectivity index (χ1n) is 8.42. The summed E-state index contributed by atoms with van der Waals surface area (Å²) in [6.45, 7) is 0.222. The fourth-order valence-electron chi connectivity index (χ4n) is 3.14. The normalized spacial score (nSPS) is 11.5. The molecule has 10 heteroatoms. The van der Waals surface area contributed by atoms with Crippen molar-refractivity contribution in [3.63, 3.8) is 0 Å². The van der Waals surface area contributed by atoms with Gasteiger partial charge in [0, 0.05) is 25.5 Å². The van der Waals surface area contributed by atoms with Crippen molar-refractivity contribution in [1.82, 2.24) is 38.6 Å². The van der Waals surface area contributed by atoms with Crippen LogP contribution in [0.1, 0.15) is 5.69 Å². The molecule has 0 aliphatic rings. The maximum atomic E-state index is 13.7. The molecule has 4 heterocycles. The molecule has 138 valence electrons. The molecule has 0 radical (unpaired) electrons. The fraction of sp³-hybridized carbons (Fsp3) is 0.111. The standard InChI is InChI=1S/C18H13FN8O/c1-25-15-8-22-17(27-10-23-13-3-2-11(19)6-14(13)27)24-16(15)26(18(25)28)9-12-7-20-4-5-21-12/h2-8,10H,9H2,1H3. The third-order valence-corrected chi connectivity index (χ3v) is 4.53. The number of imidazole rings is 2. The van der Waals surface area contributed by atoms with E-state index >= 15 is 0 Å². The smallest absolute Gasteiger partial charge is 0.292 e. The second-order valence-electron chi connectivity index (χ2n) is 6.25. The van der Waals surface area contributed by atoms with Crippen molar-refractivity contribution >= 4 is 22.2 Å². The summed E-state index contributed by atoms with van der Waals surface area (Å²) in [6, 6.07) is 4.30. The van der Waals surface area contributed by atoms with Crippen molar-refractivity contribution in [3.05, 3.63) is 71.3 Å². The van der Waals surface area contributed by atoms with Gasteiger partial charge in [-0.2, -0.15) is 4.98 Å². The van der Waals surface area contributed by atoms with E-state index in [1.807, 2.05) is 0 Å². The highest BCUT2D eigenvalue weighted by molar-refractivity contribution is 5.77. The molecule has 5 aromatic rings. The Balaban J connectivity index is 1.71. The Hall–Kier alpha value is -3.95. The predicted octanol–water partition coefficient (Wildman–Crippen LogP) is 1.45. The summed E-state index contributed by atoms with van der Waals surface area (Å²) >= 11 is 0. The van der Waals surface area contributed by atoms with E-state index < -0.39 is 0 Å². The van der Waals surface area contributed by atoms with E-state index in [-0.39, 0.29) is 18.1 Å². The zero-order valence-electron chi connectivity index (χ0n) is 14.7. The molecule has 4 aromatic heterocycles. The number of halogens is 1. The first-order valence-corrected chi connectivity index (χ1v) is 8.42. The van der Waals surface area contributed by atoms with Crippen LogP contribution in [0, 0.1) is 5.82 Å². The Morgan fingerprint density at radius 1 is 1.07 bits per heavy atom. The zero-order valence-corrected chi connectivity index (χ0v) is 14.7. The van der Waals surface area contributed by atoms with Crippen LogP contribution < -0.4 is 5.69 Å².